The van der Waals surface area contributed by atoms with Gasteiger partial charge in [0.05, 0.1) is 6.07 Å². The zero-order chi connectivity index (χ0) is 12.6. The van der Waals surface area contributed by atoms with Crippen molar-refractivity contribution in [2.75, 3.05) is 25.0 Å². The summed E-state index contributed by atoms with van der Waals surface area (Å²) in [7, 11) is 0. The van der Waals surface area contributed by atoms with Crippen LogP contribution in [0, 0.1) is 16.7 Å². The number of rotatable bonds is 6. The molecular formula is C14H25BrN2. The maximum absolute atomic E-state index is 8.70. The molecule has 0 aromatic carbocycles. The third kappa shape index (κ3) is 4.97. The van der Waals surface area contributed by atoms with E-state index in [1.54, 1.807) is 0 Å². The van der Waals surface area contributed by atoms with Crippen molar-refractivity contribution in [3.8, 4) is 6.07 Å². The minimum Gasteiger partial charge on any atom is -0.302 e. The molecule has 0 spiro atoms. The van der Waals surface area contributed by atoms with Gasteiger partial charge < -0.3 is 4.90 Å². The predicted octanol–water partition coefficient (Wildman–Crippen LogP) is 3.96. The summed E-state index contributed by atoms with van der Waals surface area (Å²) in [5.74, 6) is 0. The first kappa shape index (κ1) is 15.0. The van der Waals surface area contributed by atoms with E-state index >= 15 is 0 Å². The second kappa shape index (κ2) is 8.11. The van der Waals surface area contributed by atoms with Crippen LogP contribution in [0.2, 0.25) is 0 Å². The van der Waals surface area contributed by atoms with Gasteiger partial charge in [0.15, 0.2) is 0 Å². The van der Waals surface area contributed by atoms with Crippen molar-refractivity contribution in [2.45, 2.75) is 51.9 Å². The van der Waals surface area contributed by atoms with E-state index in [1.165, 1.54) is 38.5 Å². The van der Waals surface area contributed by atoms with Crippen molar-refractivity contribution >= 4 is 15.9 Å². The Morgan fingerprint density at radius 1 is 1.24 bits per heavy atom. The van der Waals surface area contributed by atoms with E-state index in [1.807, 2.05) is 0 Å². The predicted molar refractivity (Wildman–Crippen MR) is 76.3 cm³/mol. The number of hydrogen-bond donors (Lipinski definition) is 0. The molecule has 1 fully saturated rings. The molecule has 17 heavy (non-hydrogen) atoms. The molecule has 1 aliphatic rings. The summed E-state index contributed by atoms with van der Waals surface area (Å²) in [6, 6.07) is 2.26. The first-order chi connectivity index (χ1) is 8.26. The quantitative estimate of drug-likeness (QED) is 0.548. The van der Waals surface area contributed by atoms with Crippen molar-refractivity contribution in [3.63, 3.8) is 0 Å². The second-order valence-corrected chi connectivity index (χ2v) is 5.89. The van der Waals surface area contributed by atoms with Crippen LogP contribution in [0.3, 0.4) is 0 Å². The van der Waals surface area contributed by atoms with Gasteiger partial charge in [-0.25, -0.2) is 0 Å². The number of nitrogens with zero attached hydrogens (tertiary/aromatic N) is 2. The van der Waals surface area contributed by atoms with Crippen molar-refractivity contribution in [3.05, 3.63) is 0 Å². The molecule has 1 saturated carbocycles. The van der Waals surface area contributed by atoms with E-state index < -0.39 is 0 Å². The normalized spacial score (nSPS) is 19.9. The van der Waals surface area contributed by atoms with Gasteiger partial charge in [0.2, 0.25) is 0 Å². The zero-order valence-corrected chi connectivity index (χ0v) is 12.6. The highest BCUT2D eigenvalue weighted by molar-refractivity contribution is 9.09. The second-order valence-electron chi connectivity index (χ2n) is 5.32. The van der Waals surface area contributed by atoms with Crippen LogP contribution >= 0.6 is 15.9 Å². The van der Waals surface area contributed by atoms with Crippen LogP contribution in [0.1, 0.15) is 51.9 Å². The Labute approximate surface area is 114 Å². The average molecular weight is 301 g/mol. The van der Waals surface area contributed by atoms with Crippen LogP contribution in [0.25, 0.3) is 0 Å². The summed E-state index contributed by atoms with van der Waals surface area (Å²) in [6.07, 6.45) is 8.91. The van der Waals surface area contributed by atoms with Crippen LogP contribution in [0.5, 0.6) is 0 Å². The fraction of sp³-hybridized carbons (Fsp3) is 0.929. The highest BCUT2D eigenvalue weighted by atomic mass is 79.9. The Balaban J connectivity index is 2.55. The third-order valence-electron chi connectivity index (χ3n) is 3.99. The molecule has 0 aliphatic heterocycles. The lowest BCUT2D eigenvalue weighted by Gasteiger charge is -2.36. The van der Waals surface area contributed by atoms with Crippen molar-refractivity contribution in [2.24, 2.45) is 5.41 Å². The van der Waals surface area contributed by atoms with Crippen LogP contribution in [-0.4, -0.2) is 29.9 Å². The Morgan fingerprint density at radius 2 is 1.88 bits per heavy atom. The summed E-state index contributed by atoms with van der Waals surface area (Å²) in [5, 5.41) is 9.81. The molecule has 0 radical (unpaired) electrons. The Hall–Kier alpha value is -0.0700. The Bertz CT molecular complexity index is 239. The first-order valence-electron chi connectivity index (χ1n) is 6.91. The van der Waals surface area contributed by atoms with Crippen LogP contribution in [0.15, 0.2) is 0 Å². The minimum atomic E-state index is 0.460. The molecule has 0 atom stereocenters. The zero-order valence-electron chi connectivity index (χ0n) is 11.1. The monoisotopic (exact) mass is 300 g/mol. The van der Waals surface area contributed by atoms with E-state index in [9.17, 15) is 0 Å². The fourth-order valence-electron chi connectivity index (χ4n) is 2.84. The maximum Gasteiger partial charge on any atom is 0.0635 e. The number of alkyl halides is 1. The molecule has 0 aromatic rings. The minimum absolute atomic E-state index is 0.460. The van der Waals surface area contributed by atoms with Gasteiger partial charge >= 0.3 is 0 Å². The lowest BCUT2D eigenvalue weighted by atomic mass is 9.82. The molecule has 98 valence electrons. The summed E-state index contributed by atoms with van der Waals surface area (Å²) < 4.78 is 0. The SMILES string of the molecule is CCN(CCC#N)CC1(CBr)CCCCCC1. The van der Waals surface area contributed by atoms with Crippen LogP contribution in [0.4, 0.5) is 0 Å². The fourth-order valence-corrected chi connectivity index (χ4v) is 3.58. The van der Waals surface area contributed by atoms with E-state index in [2.05, 4.69) is 33.8 Å². The van der Waals surface area contributed by atoms with Gasteiger partial charge in [-0.3, -0.25) is 0 Å². The molecule has 0 N–H and O–H groups in total. The van der Waals surface area contributed by atoms with Gasteiger partial charge in [-0.05, 0) is 24.8 Å². The summed E-state index contributed by atoms with van der Waals surface area (Å²) in [6.45, 7) is 5.37. The average Bonchev–Trinajstić information content (AvgIpc) is 2.60. The number of nitriles is 1. The van der Waals surface area contributed by atoms with E-state index in [4.69, 9.17) is 5.26 Å². The van der Waals surface area contributed by atoms with Gasteiger partial charge in [-0.1, -0.05) is 48.5 Å². The summed E-state index contributed by atoms with van der Waals surface area (Å²) in [5.41, 5.74) is 0.460. The number of hydrogen-bond acceptors (Lipinski definition) is 2. The van der Waals surface area contributed by atoms with Gasteiger partial charge in [-0.15, -0.1) is 0 Å². The highest BCUT2D eigenvalue weighted by Gasteiger charge is 2.31. The summed E-state index contributed by atoms with van der Waals surface area (Å²) in [4.78, 5) is 2.45. The Morgan fingerprint density at radius 3 is 2.35 bits per heavy atom. The lowest BCUT2D eigenvalue weighted by Crippen LogP contribution is -2.39. The molecule has 3 heteroatoms. The van der Waals surface area contributed by atoms with E-state index in [0.29, 0.717) is 11.8 Å². The molecule has 0 bridgehead atoms. The Kier molecular flexibility index (Phi) is 7.15. The van der Waals surface area contributed by atoms with Crippen molar-refractivity contribution in [1.29, 1.82) is 5.26 Å². The molecule has 0 saturated heterocycles. The molecule has 2 nitrogen and oxygen atoms in total. The number of halogens is 1. The first-order valence-corrected chi connectivity index (χ1v) is 8.04. The molecule has 1 aliphatic carbocycles. The van der Waals surface area contributed by atoms with Crippen LogP contribution < -0.4 is 0 Å². The molecular weight excluding hydrogens is 276 g/mol. The van der Waals surface area contributed by atoms with Crippen LogP contribution in [-0.2, 0) is 0 Å². The topological polar surface area (TPSA) is 27.0 Å². The smallest absolute Gasteiger partial charge is 0.0635 e. The summed E-state index contributed by atoms with van der Waals surface area (Å²) >= 11 is 3.74. The van der Waals surface area contributed by atoms with Gasteiger partial charge in [0, 0.05) is 24.8 Å². The van der Waals surface area contributed by atoms with Crippen molar-refractivity contribution in [1.82, 2.24) is 4.90 Å². The van der Waals surface area contributed by atoms with Crippen molar-refractivity contribution < 1.29 is 0 Å². The molecule has 0 aromatic heterocycles. The molecule has 1 rings (SSSR count). The molecule has 0 unspecified atom stereocenters. The van der Waals surface area contributed by atoms with E-state index in [-0.39, 0.29) is 0 Å². The molecule has 0 amide bonds. The van der Waals surface area contributed by atoms with Gasteiger partial charge in [0.1, 0.15) is 0 Å². The van der Waals surface area contributed by atoms with E-state index in [0.717, 1.165) is 25.0 Å². The van der Waals surface area contributed by atoms with Gasteiger partial charge in [0.25, 0.3) is 0 Å². The highest BCUT2D eigenvalue weighted by Crippen LogP contribution is 2.37. The maximum atomic E-state index is 8.70. The lowest BCUT2D eigenvalue weighted by molar-refractivity contribution is 0.159. The van der Waals surface area contributed by atoms with Gasteiger partial charge in [-0.2, -0.15) is 5.26 Å². The molecule has 0 heterocycles. The standard InChI is InChI=1S/C14H25BrN2/c1-2-17(11-7-10-16)13-14(12-15)8-5-3-4-6-9-14/h2-9,11-13H2,1H3. The third-order valence-corrected chi connectivity index (χ3v) is 5.18. The largest absolute Gasteiger partial charge is 0.302 e.